The standard InChI is InChI=1S/C18H36O2.C3H8O3.C3H8O2.Na/c1-2-3-4-5-6-7-8-9-10-11-12-13-14-15-16-17-18(19)20;4-1-3(6)2-5;1-3(5)2-4;/h2-17H2,1H3,(H,19,20);3-6H,1-2H2;3-5H,2H2,1H3;/q;;;+1/p-1. The third-order valence-electron chi connectivity index (χ3n) is 4.67. The summed E-state index contributed by atoms with van der Waals surface area (Å²) in [5, 5.41) is 50.2. The Balaban J connectivity index is -0.000000269. The molecular weight excluding hydrogens is 423 g/mol. The molecule has 0 amide bonds. The van der Waals surface area contributed by atoms with Crippen LogP contribution in [0.25, 0.3) is 0 Å². The van der Waals surface area contributed by atoms with Gasteiger partial charge in [-0.25, -0.2) is 0 Å². The number of aliphatic carboxylic acids is 1. The van der Waals surface area contributed by atoms with Crippen LogP contribution in [0, 0.1) is 0 Å². The van der Waals surface area contributed by atoms with Gasteiger partial charge in [0, 0.05) is 5.97 Å². The van der Waals surface area contributed by atoms with Crippen LogP contribution >= 0.6 is 0 Å². The number of aliphatic hydroxyl groups is 5. The molecule has 190 valence electrons. The molecule has 0 aromatic carbocycles. The molecule has 0 saturated heterocycles. The number of carbonyl (C=O) groups excluding carboxylic acids is 1. The first-order valence-corrected chi connectivity index (χ1v) is 12.2. The van der Waals surface area contributed by atoms with Gasteiger partial charge in [-0.15, -0.1) is 0 Å². The normalized spacial score (nSPS) is 11.0. The molecule has 1 atom stereocenters. The molecule has 0 aliphatic carbocycles. The van der Waals surface area contributed by atoms with E-state index < -0.39 is 18.2 Å². The van der Waals surface area contributed by atoms with E-state index in [0.717, 1.165) is 12.8 Å². The number of hydrogen-bond donors (Lipinski definition) is 5. The summed E-state index contributed by atoms with van der Waals surface area (Å²) in [5.41, 5.74) is 0. The Bertz CT molecular complexity index is 327. The van der Waals surface area contributed by atoms with Crippen molar-refractivity contribution >= 4 is 5.97 Å². The molecule has 0 rings (SSSR count). The molecular formula is C24H51NaO7. The molecule has 8 heteroatoms. The van der Waals surface area contributed by atoms with Gasteiger partial charge in [0.05, 0.1) is 25.9 Å². The van der Waals surface area contributed by atoms with Crippen molar-refractivity contribution in [3.63, 3.8) is 0 Å². The fourth-order valence-electron chi connectivity index (χ4n) is 2.70. The van der Waals surface area contributed by atoms with Gasteiger partial charge in [-0.1, -0.05) is 96.8 Å². The van der Waals surface area contributed by atoms with Gasteiger partial charge < -0.3 is 35.4 Å². The van der Waals surface area contributed by atoms with Gasteiger partial charge in [-0.3, -0.25) is 0 Å². The third kappa shape index (κ3) is 47.9. The van der Waals surface area contributed by atoms with E-state index in [9.17, 15) is 9.90 Å². The Kier molecular flexibility index (Phi) is 44.2. The fourth-order valence-corrected chi connectivity index (χ4v) is 2.70. The van der Waals surface area contributed by atoms with Crippen molar-refractivity contribution in [3.8, 4) is 0 Å². The van der Waals surface area contributed by atoms with Crippen LogP contribution in [0.15, 0.2) is 0 Å². The van der Waals surface area contributed by atoms with Crippen LogP contribution in [0.4, 0.5) is 0 Å². The summed E-state index contributed by atoms with van der Waals surface area (Å²) in [6.45, 7) is 2.93. The summed E-state index contributed by atoms with van der Waals surface area (Å²) in [6, 6.07) is 0. The topological polar surface area (TPSA) is 141 Å². The van der Waals surface area contributed by atoms with Crippen molar-refractivity contribution in [2.45, 2.75) is 129 Å². The maximum absolute atomic E-state index is 10.2. The molecule has 0 spiro atoms. The molecule has 0 bridgehead atoms. The summed E-state index contributed by atoms with van der Waals surface area (Å²) in [7, 11) is 0. The quantitative estimate of drug-likeness (QED) is 0.128. The SMILES string of the molecule is CC(O)CO.CCCCCCCCCCCCCCCCCC(=O)[O-].OCC(O)CO.[Na+]. The monoisotopic (exact) mass is 474 g/mol. The van der Waals surface area contributed by atoms with Crippen LogP contribution in [0.2, 0.25) is 0 Å². The second-order valence-corrected chi connectivity index (χ2v) is 8.12. The smallest absolute Gasteiger partial charge is 0.550 e. The van der Waals surface area contributed by atoms with Crippen LogP contribution in [0.3, 0.4) is 0 Å². The Labute approximate surface area is 218 Å². The van der Waals surface area contributed by atoms with E-state index in [4.69, 9.17) is 25.5 Å². The summed E-state index contributed by atoms with van der Waals surface area (Å²) in [4.78, 5) is 10.2. The molecule has 0 fully saturated rings. The molecule has 0 radical (unpaired) electrons. The zero-order chi connectivity index (χ0) is 24.2. The minimum absolute atomic E-state index is 0. The number of carboxylic acid groups (broad SMARTS) is 1. The molecule has 7 nitrogen and oxygen atoms in total. The number of carbonyl (C=O) groups is 1. The summed E-state index contributed by atoms with van der Waals surface area (Å²) in [5.74, 6) is -0.903. The summed E-state index contributed by atoms with van der Waals surface area (Å²) >= 11 is 0. The van der Waals surface area contributed by atoms with Crippen molar-refractivity contribution < 1.29 is 65.0 Å². The molecule has 0 aliphatic rings. The van der Waals surface area contributed by atoms with Gasteiger partial charge in [0.15, 0.2) is 0 Å². The van der Waals surface area contributed by atoms with Gasteiger partial charge in [0.1, 0.15) is 6.10 Å². The molecule has 1 unspecified atom stereocenters. The third-order valence-corrected chi connectivity index (χ3v) is 4.67. The molecule has 0 aromatic rings. The van der Waals surface area contributed by atoms with Crippen molar-refractivity contribution in [2.24, 2.45) is 0 Å². The van der Waals surface area contributed by atoms with Gasteiger partial charge in [-0.2, -0.15) is 0 Å². The Hall–Kier alpha value is 0.270. The van der Waals surface area contributed by atoms with Gasteiger partial charge >= 0.3 is 29.6 Å². The maximum atomic E-state index is 10.2. The van der Waals surface area contributed by atoms with Crippen LogP contribution in [-0.4, -0.2) is 63.5 Å². The minimum atomic E-state index is -0.954. The van der Waals surface area contributed by atoms with Crippen molar-refractivity contribution in [1.29, 1.82) is 0 Å². The molecule has 5 N–H and O–H groups in total. The zero-order valence-corrected chi connectivity index (χ0v) is 23.1. The van der Waals surface area contributed by atoms with E-state index >= 15 is 0 Å². The van der Waals surface area contributed by atoms with Gasteiger partial charge in [0.25, 0.3) is 0 Å². The summed E-state index contributed by atoms with van der Waals surface area (Å²) in [6.07, 6.45) is 18.3. The van der Waals surface area contributed by atoms with E-state index in [-0.39, 0.29) is 55.8 Å². The number of hydrogen-bond acceptors (Lipinski definition) is 7. The van der Waals surface area contributed by atoms with Crippen LogP contribution in [0.1, 0.15) is 117 Å². The molecule has 0 heterocycles. The Morgan fingerprint density at radius 1 is 0.656 bits per heavy atom. The van der Waals surface area contributed by atoms with Crippen molar-refractivity contribution in [3.05, 3.63) is 0 Å². The zero-order valence-electron chi connectivity index (χ0n) is 21.1. The largest absolute Gasteiger partial charge is 1.00 e. The number of unbranched alkanes of at least 4 members (excludes halogenated alkanes) is 14. The van der Waals surface area contributed by atoms with Gasteiger partial charge in [-0.05, 0) is 19.8 Å². The second kappa shape index (κ2) is 35.9. The average Bonchev–Trinajstić information content (AvgIpc) is 2.76. The van der Waals surface area contributed by atoms with Crippen molar-refractivity contribution in [2.75, 3.05) is 19.8 Å². The van der Waals surface area contributed by atoms with E-state index in [1.54, 1.807) is 0 Å². The number of aliphatic hydroxyl groups excluding tert-OH is 5. The van der Waals surface area contributed by atoms with E-state index in [0.29, 0.717) is 0 Å². The average molecular weight is 475 g/mol. The molecule has 0 aromatic heterocycles. The van der Waals surface area contributed by atoms with E-state index in [1.165, 1.54) is 90.4 Å². The molecule has 0 aliphatic heterocycles. The Morgan fingerprint density at radius 2 is 0.938 bits per heavy atom. The van der Waals surface area contributed by atoms with E-state index in [1.807, 2.05) is 0 Å². The number of carboxylic acids is 1. The predicted molar refractivity (Wildman–Crippen MR) is 123 cm³/mol. The molecule has 32 heavy (non-hydrogen) atoms. The first kappa shape index (κ1) is 39.5. The molecule has 0 saturated carbocycles. The van der Waals surface area contributed by atoms with Crippen LogP contribution in [-0.2, 0) is 4.79 Å². The van der Waals surface area contributed by atoms with Gasteiger partial charge in [0.2, 0.25) is 0 Å². The second-order valence-electron chi connectivity index (χ2n) is 8.12. The predicted octanol–water partition coefficient (Wildman–Crippen LogP) is -0.307. The van der Waals surface area contributed by atoms with E-state index in [2.05, 4.69) is 6.92 Å². The fraction of sp³-hybridized carbons (Fsp3) is 0.958. The number of rotatable bonds is 19. The minimum Gasteiger partial charge on any atom is -0.550 e. The first-order valence-electron chi connectivity index (χ1n) is 12.2. The van der Waals surface area contributed by atoms with Crippen LogP contribution < -0.4 is 34.7 Å². The van der Waals surface area contributed by atoms with Crippen molar-refractivity contribution in [1.82, 2.24) is 0 Å². The maximum Gasteiger partial charge on any atom is 1.00 e. The Morgan fingerprint density at radius 3 is 1.12 bits per heavy atom. The van der Waals surface area contributed by atoms with Crippen LogP contribution in [0.5, 0.6) is 0 Å². The summed E-state index contributed by atoms with van der Waals surface area (Å²) < 4.78 is 0. The first-order chi connectivity index (χ1) is 14.8.